The molecule has 0 aliphatic carbocycles. The predicted octanol–water partition coefficient (Wildman–Crippen LogP) is -2.85. The van der Waals surface area contributed by atoms with Gasteiger partial charge in [0.15, 0.2) is 0 Å². The number of H-pyrrole nitrogens is 1. The van der Waals surface area contributed by atoms with Crippen molar-refractivity contribution in [1.29, 1.82) is 0 Å². The molecule has 2 aromatic heterocycles. The topological polar surface area (TPSA) is 117 Å². The number of halogens is 3. The van der Waals surface area contributed by atoms with Crippen LogP contribution in [0.2, 0.25) is 0 Å². The van der Waals surface area contributed by atoms with Gasteiger partial charge in [0, 0.05) is 0 Å². The SMILES string of the molecule is COc1c(F)cccc1Nc1c2[nH]c3c1C(=O)NC(C3)[I-]C(=O)O[I-]Nc1cnccc1-2. The fourth-order valence-electron chi connectivity index (χ4n) is 3.65. The molecular weight excluding hydrogens is 647 g/mol. The van der Waals surface area contributed by atoms with E-state index in [0.717, 1.165) is 5.56 Å². The number of rotatable bonds is 3. The number of amides is 1. The zero-order chi connectivity index (χ0) is 22.2. The first-order valence-corrected chi connectivity index (χ1v) is 13.7. The first kappa shape index (κ1) is 21.2. The maximum atomic E-state index is 14.3. The maximum absolute atomic E-state index is 14.3. The Kier molecular flexibility index (Phi) is 5.79. The van der Waals surface area contributed by atoms with Crippen molar-refractivity contribution in [2.45, 2.75) is 10.5 Å². The summed E-state index contributed by atoms with van der Waals surface area (Å²) in [5.74, 6) is -0.777. The van der Waals surface area contributed by atoms with E-state index in [1.807, 2.05) is 0 Å². The number of fused-ring (bicyclic) bond motifs is 4. The van der Waals surface area contributed by atoms with Gasteiger partial charge in [-0.25, -0.2) is 0 Å². The predicted molar refractivity (Wildman–Crippen MR) is 105 cm³/mol. The van der Waals surface area contributed by atoms with E-state index < -0.39 is 48.9 Å². The number of carbonyl (C=O) groups is 2. The van der Waals surface area contributed by atoms with Crippen molar-refractivity contribution >= 4 is 26.9 Å². The summed E-state index contributed by atoms with van der Waals surface area (Å²) in [6.45, 7) is 0. The van der Waals surface area contributed by atoms with Crippen LogP contribution >= 0.6 is 0 Å². The first-order chi connectivity index (χ1) is 15.5. The molecule has 4 heterocycles. The third-order valence-corrected chi connectivity index (χ3v) is 9.45. The monoisotopic (exact) mass is 663 g/mol. The van der Waals surface area contributed by atoms with Crippen molar-refractivity contribution in [1.82, 2.24) is 15.3 Å². The Morgan fingerprint density at radius 1 is 1.31 bits per heavy atom. The molecule has 2 aliphatic heterocycles. The molecule has 0 saturated carbocycles. The van der Waals surface area contributed by atoms with Gasteiger partial charge in [0.2, 0.25) is 0 Å². The molecule has 168 valence electrons. The van der Waals surface area contributed by atoms with Crippen molar-refractivity contribution in [3.05, 3.63) is 53.7 Å². The van der Waals surface area contributed by atoms with Gasteiger partial charge in [0.25, 0.3) is 0 Å². The number of aromatic nitrogens is 2. The van der Waals surface area contributed by atoms with E-state index in [9.17, 15) is 14.0 Å². The Balaban J connectivity index is 1.71. The van der Waals surface area contributed by atoms with Crippen LogP contribution in [0.25, 0.3) is 11.3 Å². The van der Waals surface area contributed by atoms with E-state index in [2.05, 4.69) is 24.1 Å². The molecule has 3 bridgehead atoms. The van der Waals surface area contributed by atoms with Crippen LogP contribution < -0.4 is 62.0 Å². The molecule has 1 atom stereocenters. The second-order valence-electron chi connectivity index (χ2n) is 6.84. The molecule has 12 heteroatoms. The summed E-state index contributed by atoms with van der Waals surface area (Å²) >= 11 is -2.16. The number of carbonyl (C=O) groups excluding carboxylic acids is 2. The van der Waals surface area contributed by atoms with Crippen molar-refractivity contribution in [3.8, 4) is 17.0 Å². The molecule has 3 aromatic rings. The third-order valence-electron chi connectivity index (χ3n) is 4.96. The van der Waals surface area contributed by atoms with Crippen LogP contribution in [0.4, 0.5) is 26.2 Å². The number of hydrogen-bond acceptors (Lipinski definition) is 7. The van der Waals surface area contributed by atoms with Crippen LogP contribution in [0.5, 0.6) is 5.75 Å². The van der Waals surface area contributed by atoms with Gasteiger partial charge in [0.05, 0.1) is 0 Å². The summed E-state index contributed by atoms with van der Waals surface area (Å²) in [6.07, 6.45) is 3.75. The van der Waals surface area contributed by atoms with Crippen LogP contribution in [0.15, 0.2) is 36.7 Å². The Morgan fingerprint density at radius 2 is 2.19 bits per heavy atom. The van der Waals surface area contributed by atoms with Crippen molar-refractivity contribution in [2.24, 2.45) is 0 Å². The average Bonchev–Trinajstić information content (AvgIpc) is 3.12. The fraction of sp³-hybridized carbons (Fsp3) is 0.150. The van der Waals surface area contributed by atoms with Crippen LogP contribution in [-0.4, -0.2) is 31.0 Å². The molecule has 5 rings (SSSR count). The number of nitrogens with zero attached hydrogens (tertiary/aromatic N) is 1. The Hall–Kier alpha value is -2.62. The fourth-order valence-corrected chi connectivity index (χ4v) is 7.61. The third kappa shape index (κ3) is 3.85. The Bertz CT molecular complexity index is 1230. The molecule has 0 spiro atoms. The number of anilines is 3. The van der Waals surface area contributed by atoms with Gasteiger partial charge in [0.1, 0.15) is 0 Å². The molecular formula is C20H16FI2N5O4-2. The second kappa shape index (κ2) is 8.73. The number of para-hydroxylation sites is 1. The van der Waals surface area contributed by atoms with Crippen LogP contribution in [-0.2, 0) is 9.49 Å². The van der Waals surface area contributed by atoms with Crippen molar-refractivity contribution in [3.63, 3.8) is 0 Å². The molecule has 9 nitrogen and oxygen atoms in total. The van der Waals surface area contributed by atoms with Crippen LogP contribution in [0.3, 0.4) is 0 Å². The van der Waals surface area contributed by atoms with Gasteiger partial charge < -0.3 is 0 Å². The second-order valence-corrected chi connectivity index (χ2v) is 11.3. The van der Waals surface area contributed by atoms with Crippen LogP contribution in [0, 0.1) is 5.82 Å². The Morgan fingerprint density at radius 3 is 3.03 bits per heavy atom. The number of aromatic amines is 1. The van der Waals surface area contributed by atoms with E-state index in [0.29, 0.717) is 40.4 Å². The van der Waals surface area contributed by atoms with E-state index in [1.54, 1.807) is 30.6 Å². The molecule has 1 unspecified atom stereocenters. The summed E-state index contributed by atoms with van der Waals surface area (Å²) in [5, 5.41) is 6.14. The molecule has 1 aromatic carbocycles. The zero-order valence-corrected chi connectivity index (χ0v) is 20.8. The van der Waals surface area contributed by atoms with E-state index in [1.165, 1.54) is 13.2 Å². The normalized spacial score (nSPS) is 17.8. The van der Waals surface area contributed by atoms with Gasteiger partial charge >= 0.3 is 204 Å². The van der Waals surface area contributed by atoms with E-state index in [4.69, 9.17) is 7.80 Å². The number of methoxy groups -OCH3 is 1. The summed E-state index contributed by atoms with van der Waals surface area (Å²) in [7, 11) is 1.39. The molecule has 0 fully saturated rings. The first-order valence-electron chi connectivity index (χ1n) is 9.39. The summed E-state index contributed by atoms with van der Waals surface area (Å²) in [4.78, 5) is 32.9. The molecule has 32 heavy (non-hydrogen) atoms. The molecule has 4 N–H and O–H groups in total. The van der Waals surface area contributed by atoms with Gasteiger partial charge in [-0.1, -0.05) is 0 Å². The minimum atomic E-state index is -1.10. The number of pyridine rings is 1. The van der Waals surface area contributed by atoms with E-state index >= 15 is 0 Å². The van der Waals surface area contributed by atoms with Gasteiger partial charge in [-0.15, -0.1) is 0 Å². The quantitative estimate of drug-likeness (QED) is 0.0785. The van der Waals surface area contributed by atoms with Crippen LogP contribution in [0.1, 0.15) is 16.1 Å². The number of alkyl halides is 1. The zero-order valence-electron chi connectivity index (χ0n) is 16.5. The Labute approximate surface area is 203 Å². The summed E-state index contributed by atoms with van der Waals surface area (Å²) in [6, 6.07) is 6.35. The number of ether oxygens (including phenoxy) is 1. The number of nitrogens with one attached hydrogen (secondary N) is 4. The minimum absolute atomic E-state index is 0.0456. The average molecular weight is 663 g/mol. The molecule has 0 radical (unpaired) electrons. The van der Waals surface area contributed by atoms with Gasteiger partial charge in [-0.2, -0.15) is 0 Å². The standard InChI is InChI=1S/C20H16FI2N5O4/c1-31-18-10(21)3-2-4-11(18)25-17-15-12-7-14(27-19(15)29)22-20(30)32-23-28-13-8-24-6-5-9(13)16(17)26-12/h2-6,8,14,25-26,28H,7H2,1H3,(H,27,29)/q-2. The summed E-state index contributed by atoms with van der Waals surface area (Å²) < 4.78 is 27.6. The molecule has 1 amide bonds. The van der Waals surface area contributed by atoms with Gasteiger partial charge in [-0.05, 0) is 0 Å². The molecule has 2 aliphatic rings. The van der Waals surface area contributed by atoms with Gasteiger partial charge in [-0.3, -0.25) is 0 Å². The summed E-state index contributed by atoms with van der Waals surface area (Å²) in [5.41, 5.74) is 4.07. The number of benzene rings is 1. The van der Waals surface area contributed by atoms with E-state index in [-0.39, 0.29) is 19.7 Å². The molecule has 0 saturated heterocycles. The number of hydrogen-bond donors (Lipinski definition) is 4. The van der Waals surface area contributed by atoms with Crippen molar-refractivity contribution < 1.29 is 64.9 Å². The van der Waals surface area contributed by atoms with Crippen molar-refractivity contribution in [2.75, 3.05) is 16.0 Å².